The Balaban J connectivity index is 1.38. The van der Waals surface area contributed by atoms with E-state index in [9.17, 15) is 9.59 Å². The van der Waals surface area contributed by atoms with Crippen molar-refractivity contribution in [2.24, 2.45) is 5.92 Å². The first-order valence-corrected chi connectivity index (χ1v) is 10.4. The summed E-state index contributed by atoms with van der Waals surface area (Å²) in [6.07, 6.45) is 2.77. The Morgan fingerprint density at radius 3 is 2.84 bits per heavy atom. The highest BCUT2D eigenvalue weighted by Crippen LogP contribution is 2.35. The van der Waals surface area contributed by atoms with Crippen molar-refractivity contribution in [1.29, 1.82) is 0 Å². The average molecular weight is 442 g/mol. The van der Waals surface area contributed by atoms with E-state index < -0.39 is 5.92 Å². The number of amides is 2. The number of aromatic amines is 1. The van der Waals surface area contributed by atoms with Crippen molar-refractivity contribution in [3.05, 3.63) is 53.2 Å². The summed E-state index contributed by atoms with van der Waals surface area (Å²) in [6.45, 7) is 0.797. The number of aromatic nitrogens is 1. The molecule has 1 aliphatic rings. The minimum atomic E-state index is -0.406. The largest absolute Gasteiger partial charge is 0.497 e. The molecule has 0 radical (unpaired) electrons. The van der Waals surface area contributed by atoms with Gasteiger partial charge in [-0.3, -0.25) is 9.59 Å². The zero-order valence-corrected chi connectivity index (χ0v) is 18.2. The summed E-state index contributed by atoms with van der Waals surface area (Å²) in [4.78, 5) is 30.1. The summed E-state index contributed by atoms with van der Waals surface area (Å²) < 4.78 is 10.6. The second kappa shape index (κ2) is 8.89. The maximum absolute atomic E-state index is 12.7. The number of rotatable bonds is 7. The molecule has 2 aromatic carbocycles. The molecule has 162 valence electrons. The van der Waals surface area contributed by atoms with E-state index >= 15 is 0 Å². The van der Waals surface area contributed by atoms with Gasteiger partial charge < -0.3 is 24.7 Å². The molecule has 0 spiro atoms. The lowest BCUT2D eigenvalue weighted by molar-refractivity contribution is -0.126. The Bertz CT molecular complexity index is 1130. The molecule has 31 heavy (non-hydrogen) atoms. The van der Waals surface area contributed by atoms with Gasteiger partial charge in [-0.1, -0.05) is 11.6 Å². The van der Waals surface area contributed by atoms with Crippen molar-refractivity contribution < 1.29 is 19.1 Å². The van der Waals surface area contributed by atoms with Gasteiger partial charge in [0.1, 0.15) is 11.5 Å². The number of anilines is 1. The van der Waals surface area contributed by atoms with E-state index in [4.69, 9.17) is 21.1 Å². The van der Waals surface area contributed by atoms with E-state index in [-0.39, 0.29) is 18.2 Å². The molecule has 2 amide bonds. The maximum Gasteiger partial charge on any atom is 0.227 e. The van der Waals surface area contributed by atoms with E-state index in [0.29, 0.717) is 41.7 Å². The fraction of sp³-hybridized carbons (Fsp3) is 0.304. The molecule has 2 N–H and O–H groups in total. The van der Waals surface area contributed by atoms with Crippen LogP contribution in [-0.2, 0) is 16.0 Å². The van der Waals surface area contributed by atoms with Crippen LogP contribution >= 0.6 is 11.6 Å². The van der Waals surface area contributed by atoms with Crippen LogP contribution in [-0.4, -0.2) is 44.1 Å². The fourth-order valence-electron chi connectivity index (χ4n) is 3.95. The summed E-state index contributed by atoms with van der Waals surface area (Å²) in [5, 5.41) is 4.69. The Morgan fingerprint density at radius 2 is 2.06 bits per heavy atom. The molecule has 3 aromatic rings. The van der Waals surface area contributed by atoms with Gasteiger partial charge in [-0.2, -0.15) is 0 Å². The summed E-state index contributed by atoms with van der Waals surface area (Å²) >= 11 is 6.10. The van der Waals surface area contributed by atoms with Crippen LogP contribution in [0, 0.1) is 5.92 Å². The van der Waals surface area contributed by atoms with Crippen LogP contribution in [0.25, 0.3) is 10.9 Å². The number of benzene rings is 2. The number of hydrogen-bond donors (Lipinski definition) is 2. The van der Waals surface area contributed by atoms with Crippen LogP contribution < -0.4 is 19.7 Å². The molecule has 0 aliphatic carbocycles. The monoisotopic (exact) mass is 441 g/mol. The van der Waals surface area contributed by atoms with Crippen molar-refractivity contribution in [3.63, 3.8) is 0 Å². The molecule has 1 fully saturated rings. The van der Waals surface area contributed by atoms with Crippen LogP contribution in [0.2, 0.25) is 5.02 Å². The van der Waals surface area contributed by atoms with Gasteiger partial charge in [-0.25, -0.2) is 0 Å². The van der Waals surface area contributed by atoms with E-state index in [1.165, 1.54) is 0 Å². The lowest BCUT2D eigenvalue weighted by Crippen LogP contribution is -2.34. The molecule has 1 aliphatic heterocycles. The Labute approximate surface area is 185 Å². The highest BCUT2D eigenvalue weighted by molar-refractivity contribution is 6.31. The van der Waals surface area contributed by atoms with Crippen LogP contribution in [0.4, 0.5) is 5.69 Å². The average Bonchev–Trinajstić information content (AvgIpc) is 3.36. The highest BCUT2D eigenvalue weighted by atomic mass is 35.5. The molecular weight excluding hydrogens is 418 g/mol. The van der Waals surface area contributed by atoms with Gasteiger partial charge in [0.2, 0.25) is 11.8 Å². The van der Waals surface area contributed by atoms with E-state index in [1.807, 2.05) is 24.4 Å². The molecule has 1 saturated heterocycles. The first-order chi connectivity index (χ1) is 15.0. The summed E-state index contributed by atoms with van der Waals surface area (Å²) in [5.74, 6) is 0.541. The summed E-state index contributed by atoms with van der Waals surface area (Å²) in [5.41, 5.74) is 2.74. The zero-order valence-electron chi connectivity index (χ0n) is 17.4. The van der Waals surface area contributed by atoms with Crippen molar-refractivity contribution in [3.8, 4) is 11.5 Å². The number of hydrogen-bond acceptors (Lipinski definition) is 4. The number of nitrogens with zero attached hydrogens (tertiary/aromatic N) is 1. The van der Waals surface area contributed by atoms with E-state index in [2.05, 4.69) is 10.3 Å². The third-order valence-electron chi connectivity index (χ3n) is 5.60. The van der Waals surface area contributed by atoms with E-state index in [0.717, 1.165) is 16.5 Å². The molecule has 1 atom stereocenters. The van der Waals surface area contributed by atoms with Gasteiger partial charge in [0.05, 0.1) is 25.8 Å². The van der Waals surface area contributed by atoms with Crippen molar-refractivity contribution in [1.82, 2.24) is 10.3 Å². The topological polar surface area (TPSA) is 83.7 Å². The lowest BCUT2D eigenvalue weighted by atomic mass is 10.1. The minimum absolute atomic E-state index is 0.102. The summed E-state index contributed by atoms with van der Waals surface area (Å²) in [6, 6.07) is 11.0. The minimum Gasteiger partial charge on any atom is -0.497 e. The van der Waals surface area contributed by atoms with Crippen molar-refractivity contribution in [2.45, 2.75) is 12.8 Å². The Kier molecular flexibility index (Phi) is 6.04. The standard InChI is InChI=1S/C23H24ClN3O4/c1-30-17-4-6-20(21(11-17)31-2)27-13-15(9-22(27)28)23(29)25-8-7-14-12-26-19-5-3-16(24)10-18(14)19/h3-6,10-12,15,26H,7-9,13H2,1-2H3,(H,25,29)/t15-/m0/s1. The third kappa shape index (κ3) is 4.32. The molecule has 2 heterocycles. The molecule has 4 rings (SSSR count). The number of carbonyl (C=O) groups excluding carboxylic acids is 2. The van der Waals surface area contributed by atoms with Crippen molar-refractivity contribution >= 4 is 40.0 Å². The van der Waals surface area contributed by atoms with Crippen LogP contribution in [0.3, 0.4) is 0 Å². The normalized spacial score (nSPS) is 16.0. The van der Waals surface area contributed by atoms with Gasteiger partial charge in [-0.15, -0.1) is 0 Å². The molecule has 1 aromatic heterocycles. The molecule has 0 unspecified atom stereocenters. The van der Waals surface area contributed by atoms with Gasteiger partial charge >= 0.3 is 0 Å². The first kappa shape index (κ1) is 21.1. The molecule has 7 nitrogen and oxygen atoms in total. The van der Waals surface area contributed by atoms with Gasteiger partial charge in [0.15, 0.2) is 0 Å². The smallest absolute Gasteiger partial charge is 0.227 e. The highest BCUT2D eigenvalue weighted by Gasteiger charge is 2.36. The lowest BCUT2D eigenvalue weighted by Gasteiger charge is -2.20. The predicted octanol–water partition coefficient (Wildman–Crippen LogP) is 3.55. The quantitative estimate of drug-likeness (QED) is 0.587. The third-order valence-corrected chi connectivity index (χ3v) is 5.83. The number of methoxy groups -OCH3 is 2. The van der Waals surface area contributed by atoms with Crippen LogP contribution in [0.15, 0.2) is 42.6 Å². The van der Waals surface area contributed by atoms with Crippen molar-refractivity contribution in [2.75, 3.05) is 32.2 Å². The fourth-order valence-corrected chi connectivity index (χ4v) is 4.12. The van der Waals surface area contributed by atoms with Gasteiger partial charge in [0.25, 0.3) is 0 Å². The Morgan fingerprint density at radius 1 is 1.23 bits per heavy atom. The molecular formula is C23H24ClN3O4. The number of nitrogens with one attached hydrogen (secondary N) is 2. The van der Waals surface area contributed by atoms with E-state index in [1.54, 1.807) is 37.3 Å². The SMILES string of the molecule is COc1ccc(N2C[C@@H](C(=O)NCCc3c[nH]c4ccc(Cl)cc34)CC2=O)c(OC)c1. The second-order valence-electron chi connectivity index (χ2n) is 7.49. The van der Waals surface area contributed by atoms with Crippen LogP contribution in [0.1, 0.15) is 12.0 Å². The Hall–Kier alpha value is -3.19. The van der Waals surface area contributed by atoms with Gasteiger partial charge in [0, 0.05) is 47.7 Å². The predicted molar refractivity (Wildman–Crippen MR) is 120 cm³/mol. The molecule has 8 heteroatoms. The second-order valence-corrected chi connectivity index (χ2v) is 7.92. The maximum atomic E-state index is 12.7. The van der Waals surface area contributed by atoms with Gasteiger partial charge in [-0.05, 0) is 42.3 Å². The number of carbonyl (C=O) groups is 2. The summed E-state index contributed by atoms with van der Waals surface area (Å²) in [7, 11) is 3.11. The first-order valence-electron chi connectivity index (χ1n) is 10.1. The molecule has 0 saturated carbocycles. The number of ether oxygens (including phenoxy) is 2. The number of H-pyrrole nitrogens is 1. The number of fused-ring (bicyclic) bond motifs is 1. The van der Waals surface area contributed by atoms with Crippen LogP contribution in [0.5, 0.6) is 11.5 Å². The number of halogens is 1. The zero-order chi connectivity index (χ0) is 22.0. The molecule has 0 bridgehead atoms.